The van der Waals surface area contributed by atoms with Gasteiger partial charge in [-0.3, -0.25) is 0 Å². The second kappa shape index (κ2) is 13.0. The number of benzene rings is 8. The molecule has 3 heterocycles. The molecule has 0 aliphatic rings. The largest absolute Gasteiger partial charge is 0.354 e. The summed E-state index contributed by atoms with van der Waals surface area (Å²) in [5.41, 5.74) is 12.9. The van der Waals surface area contributed by atoms with E-state index in [4.69, 9.17) is 15.0 Å². The number of nitrogens with one attached hydrogen (secondary N) is 1. The smallest absolute Gasteiger partial charge is 0.166 e. The highest BCUT2D eigenvalue weighted by atomic mass is 15.1. The van der Waals surface area contributed by atoms with Gasteiger partial charge >= 0.3 is 0 Å². The molecule has 0 spiro atoms. The van der Waals surface area contributed by atoms with Crippen LogP contribution in [0.4, 0.5) is 0 Å². The van der Waals surface area contributed by atoms with Gasteiger partial charge < -0.3 is 9.55 Å². The van der Waals surface area contributed by atoms with Crippen LogP contribution >= 0.6 is 0 Å². The molecule has 11 aromatic rings. The van der Waals surface area contributed by atoms with Gasteiger partial charge in [0.05, 0.1) is 22.2 Å². The monoisotopic (exact) mass is 715 g/mol. The molecule has 1 N–H and O–H groups in total. The molecule has 0 aliphatic carbocycles. The Morgan fingerprint density at radius 1 is 0.339 bits per heavy atom. The van der Waals surface area contributed by atoms with Gasteiger partial charge in [-0.2, -0.15) is 0 Å². The van der Waals surface area contributed by atoms with Crippen LogP contribution in [-0.4, -0.2) is 24.5 Å². The van der Waals surface area contributed by atoms with Crippen molar-refractivity contribution >= 4 is 43.6 Å². The number of hydrogen-bond acceptors (Lipinski definition) is 3. The molecule has 0 saturated carbocycles. The molecule has 56 heavy (non-hydrogen) atoms. The van der Waals surface area contributed by atoms with Crippen molar-refractivity contribution in [3.8, 4) is 62.1 Å². The summed E-state index contributed by atoms with van der Waals surface area (Å²) >= 11 is 0. The van der Waals surface area contributed by atoms with Crippen molar-refractivity contribution in [1.29, 1.82) is 0 Å². The number of H-pyrrole nitrogens is 1. The van der Waals surface area contributed by atoms with Crippen LogP contribution in [0.15, 0.2) is 194 Å². The van der Waals surface area contributed by atoms with Gasteiger partial charge in [0.15, 0.2) is 17.5 Å². The quantitative estimate of drug-likeness (QED) is 0.186. The lowest BCUT2D eigenvalue weighted by atomic mass is 10.0. The Kier molecular flexibility index (Phi) is 7.42. The molecule has 0 fully saturated rings. The third kappa shape index (κ3) is 5.29. The Labute approximate surface area is 323 Å². The Morgan fingerprint density at radius 2 is 0.875 bits per heavy atom. The first kappa shape index (κ1) is 31.9. The molecule has 262 valence electrons. The summed E-state index contributed by atoms with van der Waals surface area (Å²) in [6.45, 7) is 0. The highest BCUT2D eigenvalue weighted by Crippen LogP contribution is 2.40. The van der Waals surface area contributed by atoms with Crippen LogP contribution in [0.5, 0.6) is 0 Å². The maximum atomic E-state index is 5.21. The summed E-state index contributed by atoms with van der Waals surface area (Å²) in [5, 5.41) is 4.82. The number of aromatic amines is 1. The number of para-hydroxylation sites is 4. The Morgan fingerprint density at radius 3 is 1.68 bits per heavy atom. The molecule has 0 unspecified atom stereocenters. The molecule has 0 bridgehead atoms. The second-order valence-corrected chi connectivity index (χ2v) is 14.1. The van der Waals surface area contributed by atoms with E-state index in [-0.39, 0.29) is 0 Å². The molecule has 3 aromatic heterocycles. The SMILES string of the molecule is c1ccc(-c2ccc(-c3nc(-c4ccccc4)nc(-c4ccccc4-n4c5ccccc5c5ccc(-c6cccc7c6[nH]c6ccccc67)cc54)n3)cc2)cc1. The summed E-state index contributed by atoms with van der Waals surface area (Å²) < 4.78 is 2.37. The number of hydrogen-bond donors (Lipinski definition) is 1. The summed E-state index contributed by atoms with van der Waals surface area (Å²) in [7, 11) is 0. The van der Waals surface area contributed by atoms with E-state index in [1.807, 2.05) is 24.3 Å². The first-order valence-corrected chi connectivity index (χ1v) is 18.9. The average molecular weight is 716 g/mol. The van der Waals surface area contributed by atoms with Gasteiger partial charge in [-0.1, -0.05) is 164 Å². The Hall–Kier alpha value is -7.63. The third-order valence-electron chi connectivity index (χ3n) is 10.8. The van der Waals surface area contributed by atoms with E-state index in [0.717, 1.165) is 55.6 Å². The van der Waals surface area contributed by atoms with Crippen LogP contribution in [0.25, 0.3) is 106 Å². The van der Waals surface area contributed by atoms with Crippen LogP contribution in [0, 0.1) is 0 Å². The molecule has 0 atom stereocenters. The van der Waals surface area contributed by atoms with Gasteiger partial charge in [0.25, 0.3) is 0 Å². The average Bonchev–Trinajstić information content (AvgIpc) is 3.82. The highest BCUT2D eigenvalue weighted by molar-refractivity contribution is 6.14. The lowest BCUT2D eigenvalue weighted by Gasteiger charge is -2.15. The molecular weight excluding hydrogens is 683 g/mol. The summed E-state index contributed by atoms with van der Waals surface area (Å²) in [5.74, 6) is 1.87. The van der Waals surface area contributed by atoms with E-state index < -0.39 is 0 Å². The predicted octanol–water partition coefficient (Wildman–Crippen LogP) is 12.9. The third-order valence-corrected chi connectivity index (χ3v) is 10.8. The van der Waals surface area contributed by atoms with Gasteiger partial charge in [-0.25, -0.2) is 15.0 Å². The molecular formula is C51H33N5. The predicted molar refractivity (Wildman–Crippen MR) is 231 cm³/mol. The normalized spacial score (nSPS) is 11.6. The van der Waals surface area contributed by atoms with Crippen molar-refractivity contribution in [2.24, 2.45) is 0 Å². The number of nitrogens with zero attached hydrogens (tertiary/aromatic N) is 4. The minimum absolute atomic E-state index is 0.613. The zero-order valence-corrected chi connectivity index (χ0v) is 30.3. The van der Waals surface area contributed by atoms with E-state index >= 15 is 0 Å². The molecule has 0 saturated heterocycles. The van der Waals surface area contributed by atoms with E-state index in [9.17, 15) is 0 Å². The molecule has 5 heteroatoms. The first-order chi connectivity index (χ1) is 27.8. The van der Waals surface area contributed by atoms with Gasteiger partial charge in [0, 0.05) is 49.3 Å². The van der Waals surface area contributed by atoms with Crippen LogP contribution in [-0.2, 0) is 0 Å². The zero-order chi connectivity index (χ0) is 37.0. The van der Waals surface area contributed by atoms with Crippen molar-refractivity contribution in [1.82, 2.24) is 24.5 Å². The van der Waals surface area contributed by atoms with Gasteiger partial charge in [0.2, 0.25) is 0 Å². The topological polar surface area (TPSA) is 59.4 Å². The van der Waals surface area contributed by atoms with Gasteiger partial charge in [-0.15, -0.1) is 0 Å². The van der Waals surface area contributed by atoms with Crippen LogP contribution in [0.2, 0.25) is 0 Å². The van der Waals surface area contributed by atoms with E-state index in [1.165, 1.54) is 32.7 Å². The highest BCUT2D eigenvalue weighted by Gasteiger charge is 2.20. The summed E-state index contributed by atoms with van der Waals surface area (Å²) in [4.78, 5) is 19.2. The van der Waals surface area contributed by atoms with E-state index in [2.05, 4.69) is 179 Å². The molecule has 11 rings (SSSR count). The van der Waals surface area contributed by atoms with E-state index in [1.54, 1.807) is 0 Å². The minimum Gasteiger partial charge on any atom is -0.354 e. The molecule has 5 nitrogen and oxygen atoms in total. The van der Waals surface area contributed by atoms with Gasteiger partial charge in [0.1, 0.15) is 0 Å². The fourth-order valence-corrected chi connectivity index (χ4v) is 8.15. The fraction of sp³-hybridized carbons (Fsp3) is 0. The first-order valence-electron chi connectivity index (χ1n) is 18.9. The van der Waals surface area contributed by atoms with Crippen molar-refractivity contribution in [3.05, 3.63) is 194 Å². The minimum atomic E-state index is 0.613. The van der Waals surface area contributed by atoms with Crippen LogP contribution in [0.1, 0.15) is 0 Å². The van der Waals surface area contributed by atoms with Crippen molar-refractivity contribution < 1.29 is 0 Å². The fourth-order valence-electron chi connectivity index (χ4n) is 8.15. The lowest BCUT2D eigenvalue weighted by molar-refractivity contribution is 1.06. The van der Waals surface area contributed by atoms with Crippen LogP contribution in [0.3, 0.4) is 0 Å². The Bertz CT molecular complexity index is 3230. The molecule has 8 aromatic carbocycles. The summed E-state index contributed by atoms with van der Waals surface area (Å²) in [6.07, 6.45) is 0. The van der Waals surface area contributed by atoms with E-state index in [0.29, 0.717) is 17.5 Å². The Balaban J connectivity index is 1.11. The number of rotatable bonds is 6. The van der Waals surface area contributed by atoms with Crippen LogP contribution < -0.4 is 0 Å². The maximum Gasteiger partial charge on any atom is 0.166 e. The lowest BCUT2D eigenvalue weighted by Crippen LogP contribution is -2.03. The zero-order valence-electron chi connectivity index (χ0n) is 30.3. The van der Waals surface area contributed by atoms with Gasteiger partial charge in [-0.05, 0) is 47.0 Å². The van der Waals surface area contributed by atoms with Crippen molar-refractivity contribution in [2.45, 2.75) is 0 Å². The molecule has 0 aliphatic heterocycles. The number of aromatic nitrogens is 5. The molecule has 0 radical (unpaired) electrons. The standard InChI is InChI=1S/C51H33N5/c1-3-14-33(15-4-1)34-26-28-36(29-27-34)50-53-49(35-16-5-2-6-17-35)54-51(55-50)43-20-9-12-25-46(43)56-45-24-11-8-19-40(45)41-31-30-37(32-47(41)56)38-21-13-22-42-39-18-7-10-23-44(39)52-48(38)42/h1-32,52H. The number of fused-ring (bicyclic) bond motifs is 6. The van der Waals surface area contributed by atoms with Crippen molar-refractivity contribution in [3.63, 3.8) is 0 Å². The maximum absolute atomic E-state index is 5.21. The summed E-state index contributed by atoms with van der Waals surface area (Å²) in [6, 6.07) is 68.1. The van der Waals surface area contributed by atoms with Crippen molar-refractivity contribution in [2.75, 3.05) is 0 Å². The second-order valence-electron chi connectivity index (χ2n) is 14.1. The molecule has 0 amide bonds.